The molecule has 0 unspecified atom stereocenters. The molecule has 0 bridgehead atoms. The second kappa shape index (κ2) is 3.54. The fourth-order valence-electron chi connectivity index (χ4n) is 1.49. The third-order valence-corrected chi connectivity index (χ3v) is 1.93. The Hall–Kier alpha value is -0.410. The molecule has 3 nitrogen and oxygen atoms in total. The second-order valence-corrected chi connectivity index (χ2v) is 3.56. The van der Waals surface area contributed by atoms with Crippen molar-refractivity contribution < 1.29 is 14.3 Å². The summed E-state index contributed by atoms with van der Waals surface area (Å²) in [6, 6.07) is 0. The van der Waals surface area contributed by atoms with Crippen LogP contribution in [0.15, 0.2) is 0 Å². The molecule has 1 fully saturated rings. The Labute approximate surface area is 73.0 Å². The van der Waals surface area contributed by atoms with Crippen molar-refractivity contribution in [3.63, 3.8) is 0 Å². The van der Waals surface area contributed by atoms with E-state index in [9.17, 15) is 4.79 Å². The standard InChI is InChI=1S/C9H16O3/c1-4-5-7-8(6-10)12-9(2,3)11-7/h6-8H,4-5H2,1-3H3/t7-,8+/m0/s1. The van der Waals surface area contributed by atoms with E-state index >= 15 is 0 Å². The summed E-state index contributed by atoms with van der Waals surface area (Å²) >= 11 is 0. The Kier molecular flexibility index (Phi) is 2.85. The van der Waals surface area contributed by atoms with E-state index in [2.05, 4.69) is 6.92 Å². The molecule has 0 spiro atoms. The summed E-state index contributed by atoms with van der Waals surface area (Å²) in [6.07, 6.45) is 2.29. The topological polar surface area (TPSA) is 35.5 Å². The van der Waals surface area contributed by atoms with Crippen LogP contribution in [-0.2, 0) is 14.3 Å². The molecular formula is C9H16O3. The molecule has 0 N–H and O–H groups in total. The summed E-state index contributed by atoms with van der Waals surface area (Å²) in [6.45, 7) is 5.73. The van der Waals surface area contributed by atoms with Crippen LogP contribution in [0.25, 0.3) is 0 Å². The van der Waals surface area contributed by atoms with Gasteiger partial charge in [-0.3, -0.25) is 0 Å². The molecule has 1 aliphatic rings. The minimum atomic E-state index is -0.592. The van der Waals surface area contributed by atoms with E-state index in [1.807, 2.05) is 13.8 Å². The maximum Gasteiger partial charge on any atom is 0.164 e. The summed E-state index contributed by atoms with van der Waals surface area (Å²) in [5, 5.41) is 0. The smallest absolute Gasteiger partial charge is 0.164 e. The highest BCUT2D eigenvalue weighted by atomic mass is 16.8. The molecule has 12 heavy (non-hydrogen) atoms. The predicted molar refractivity (Wildman–Crippen MR) is 44.8 cm³/mol. The van der Waals surface area contributed by atoms with Gasteiger partial charge in [0.25, 0.3) is 0 Å². The normalized spacial score (nSPS) is 33.6. The number of aldehydes is 1. The van der Waals surface area contributed by atoms with E-state index in [-0.39, 0.29) is 12.2 Å². The van der Waals surface area contributed by atoms with Crippen LogP contribution in [0, 0.1) is 0 Å². The molecular weight excluding hydrogens is 156 g/mol. The van der Waals surface area contributed by atoms with E-state index in [4.69, 9.17) is 9.47 Å². The van der Waals surface area contributed by atoms with Crippen LogP contribution in [0.5, 0.6) is 0 Å². The Morgan fingerprint density at radius 1 is 1.42 bits per heavy atom. The van der Waals surface area contributed by atoms with Gasteiger partial charge in [-0.1, -0.05) is 13.3 Å². The van der Waals surface area contributed by atoms with Crippen molar-refractivity contribution in [2.75, 3.05) is 0 Å². The largest absolute Gasteiger partial charge is 0.344 e. The highest BCUT2D eigenvalue weighted by Gasteiger charge is 2.40. The number of carbonyl (C=O) groups is 1. The zero-order valence-corrected chi connectivity index (χ0v) is 7.87. The summed E-state index contributed by atoms with van der Waals surface area (Å²) in [4.78, 5) is 10.6. The van der Waals surface area contributed by atoms with Crippen LogP contribution >= 0.6 is 0 Å². The van der Waals surface area contributed by atoms with Gasteiger partial charge in [-0.15, -0.1) is 0 Å². The van der Waals surface area contributed by atoms with Gasteiger partial charge in [0.1, 0.15) is 6.10 Å². The third-order valence-electron chi connectivity index (χ3n) is 1.93. The fraction of sp³-hybridized carbons (Fsp3) is 0.889. The van der Waals surface area contributed by atoms with Crippen LogP contribution in [0.2, 0.25) is 0 Å². The summed E-state index contributed by atoms with van der Waals surface area (Å²) in [5.74, 6) is -0.592. The maximum atomic E-state index is 10.6. The Bertz CT molecular complexity index is 165. The lowest BCUT2D eigenvalue weighted by Crippen LogP contribution is -2.23. The Morgan fingerprint density at radius 3 is 2.58 bits per heavy atom. The predicted octanol–water partition coefficient (Wildman–Crippen LogP) is 1.51. The van der Waals surface area contributed by atoms with Gasteiger partial charge in [-0.05, 0) is 20.3 Å². The van der Waals surface area contributed by atoms with Crippen molar-refractivity contribution in [1.29, 1.82) is 0 Å². The van der Waals surface area contributed by atoms with Gasteiger partial charge < -0.3 is 14.3 Å². The lowest BCUT2D eigenvalue weighted by Gasteiger charge is -2.16. The SMILES string of the molecule is CCC[C@@H]1OC(C)(C)O[C@@H]1C=O. The van der Waals surface area contributed by atoms with Crippen LogP contribution in [0.4, 0.5) is 0 Å². The molecule has 70 valence electrons. The Balaban J connectivity index is 2.56. The van der Waals surface area contributed by atoms with Gasteiger partial charge in [0, 0.05) is 0 Å². The van der Waals surface area contributed by atoms with E-state index < -0.39 is 5.79 Å². The van der Waals surface area contributed by atoms with E-state index in [1.165, 1.54) is 0 Å². The van der Waals surface area contributed by atoms with Crippen LogP contribution in [0.1, 0.15) is 33.6 Å². The number of ether oxygens (including phenoxy) is 2. The molecule has 0 radical (unpaired) electrons. The quantitative estimate of drug-likeness (QED) is 0.605. The lowest BCUT2D eigenvalue weighted by atomic mass is 10.1. The van der Waals surface area contributed by atoms with Gasteiger partial charge in [-0.25, -0.2) is 0 Å². The first-order valence-corrected chi connectivity index (χ1v) is 4.40. The monoisotopic (exact) mass is 172 g/mol. The van der Waals surface area contributed by atoms with E-state index in [0.717, 1.165) is 19.1 Å². The molecule has 2 atom stereocenters. The van der Waals surface area contributed by atoms with Crippen LogP contribution in [-0.4, -0.2) is 24.3 Å². The fourth-order valence-corrected chi connectivity index (χ4v) is 1.49. The van der Waals surface area contributed by atoms with E-state index in [1.54, 1.807) is 0 Å². The average molecular weight is 172 g/mol. The van der Waals surface area contributed by atoms with Gasteiger partial charge in [-0.2, -0.15) is 0 Å². The number of hydrogen-bond acceptors (Lipinski definition) is 3. The molecule has 1 rings (SSSR count). The van der Waals surface area contributed by atoms with Crippen molar-refractivity contribution in [3.8, 4) is 0 Å². The third kappa shape index (κ3) is 2.05. The zero-order valence-electron chi connectivity index (χ0n) is 7.87. The first kappa shape index (κ1) is 9.68. The molecule has 1 heterocycles. The lowest BCUT2D eigenvalue weighted by molar-refractivity contribution is -0.150. The first-order valence-electron chi connectivity index (χ1n) is 4.40. The van der Waals surface area contributed by atoms with Crippen LogP contribution in [0.3, 0.4) is 0 Å². The van der Waals surface area contributed by atoms with Crippen molar-refractivity contribution >= 4 is 6.29 Å². The van der Waals surface area contributed by atoms with Crippen molar-refractivity contribution in [2.24, 2.45) is 0 Å². The molecule has 0 aromatic carbocycles. The van der Waals surface area contributed by atoms with Gasteiger partial charge in [0.05, 0.1) is 6.10 Å². The molecule has 1 aliphatic heterocycles. The second-order valence-electron chi connectivity index (χ2n) is 3.56. The van der Waals surface area contributed by atoms with E-state index in [0.29, 0.717) is 0 Å². The van der Waals surface area contributed by atoms with Crippen molar-refractivity contribution in [1.82, 2.24) is 0 Å². The maximum absolute atomic E-state index is 10.6. The molecule has 3 heteroatoms. The van der Waals surface area contributed by atoms with Gasteiger partial charge in [0.2, 0.25) is 0 Å². The zero-order chi connectivity index (χ0) is 9.19. The van der Waals surface area contributed by atoms with Crippen molar-refractivity contribution in [2.45, 2.75) is 51.6 Å². The summed E-state index contributed by atoms with van der Waals surface area (Å²) in [7, 11) is 0. The molecule has 0 aromatic rings. The molecule has 0 aliphatic carbocycles. The summed E-state index contributed by atoms with van der Waals surface area (Å²) in [5.41, 5.74) is 0. The van der Waals surface area contributed by atoms with Crippen molar-refractivity contribution in [3.05, 3.63) is 0 Å². The molecule has 0 saturated carbocycles. The number of hydrogen-bond donors (Lipinski definition) is 0. The number of carbonyl (C=O) groups excluding carboxylic acids is 1. The minimum absolute atomic E-state index is 0.0532. The average Bonchev–Trinajstić information content (AvgIpc) is 2.26. The molecule has 0 amide bonds. The molecule has 1 saturated heterocycles. The van der Waals surface area contributed by atoms with Gasteiger partial charge >= 0.3 is 0 Å². The summed E-state index contributed by atoms with van der Waals surface area (Å²) < 4.78 is 10.9. The van der Waals surface area contributed by atoms with Crippen LogP contribution < -0.4 is 0 Å². The highest BCUT2D eigenvalue weighted by Crippen LogP contribution is 2.29. The van der Waals surface area contributed by atoms with Gasteiger partial charge in [0.15, 0.2) is 12.1 Å². The first-order chi connectivity index (χ1) is 5.59. The minimum Gasteiger partial charge on any atom is -0.344 e. The highest BCUT2D eigenvalue weighted by molar-refractivity contribution is 5.57. The Morgan fingerprint density at radius 2 is 2.08 bits per heavy atom. The molecule has 0 aromatic heterocycles. The number of rotatable bonds is 3.